The third-order valence-electron chi connectivity index (χ3n) is 3.26. The molecule has 0 amide bonds. The Morgan fingerprint density at radius 2 is 1.96 bits per heavy atom. The average molecular weight is 368 g/mol. The number of hydrogen-bond donors (Lipinski definition) is 2. The van der Waals surface area contributed by atoms with Gasteiger partial charge in [0.05, 0.1) is 16.1 Å². The predicted octanol–water partition coefficient (Wildman–Crippen LogP) is 3.14. The first-order valence-electron chi connectivity index (χ1n) is 6.75. The van der Waals surface area contributed by atoms with Crippen molar-refractivity contribution in [2.75, 3.05) is 0 Å². The molecule has 12 heteroatoms. The standard InChI is InChI=1S/C14H7F3N4O5/c15-14(16,17)11-7(2-1-3-18-11)12-19-13(26-20-12)6-4-8(21(24)25)10(23)9(22)5-6/h1-5,22-23H. The maximum absolute atomic E-state index is 13.0. The van der Waals surface area contributed by atoms with Gasteiger partial charge in [0.15, 0.2) is 11.4 Å². The van der Waals surface area contributed by atoms with E-state index in [1.807, 2.05) is 0 Å². The second-order valence-electron chi connectivity index (χ2n) is 4.94. The Morgan fingerprint density at radius 1 is 1.23 bits per heavy atom. The highest BCUT2D eigenvalue weighted by molar-refractivity contribution is 5.69. The summed E-state index contributed by atoms with van der Waals surface area (Å²) in [5.41, 5.74) is -2.68. The molecule has 0 saturated carbocycles. The van der Waals surface area contributed by atoms with Crippen LogP contribution in [0.5, 0.6) is 11.5 Å². The number of benzene rings is 1. The number of phenolic OH excluding ortho intramolecular Hbond substituents is 2. The minimum atomic E-state index is -4.76. The molecule has 2 aromatic heterocycles. The van der Waals surface area contributed by atoms with Crippen LogP contribution in [-0.4, -0.2) is 30.3 Å². The molecule has 26 heavy (non-hydrogen) atoms. The summed E-state index contributed by atoms with van der Waals surface area (Å²) in [5, 5.41) is 33.3. The van der Waals surface area contributed by atoms with E-state index in [9.17, 15) is 33.5 Å². The molecule has 0 aliphatic rings. The summed E-state index contributed by atoms with van der Waals surface area (Å²) in [6, 6.07) is 4.06. The Bertz CT molecular complexity index is 1000. The molecule has 1 aromatic carbocycles. The van der Waals surface area contributed by atoms with Crippen LogP contribution in [0.25, 0.3) is 22.8 Å². The number of aromatic hydroxyl groups is 2. The highest BCUT2D eigenvalue weighted by atomic mass is 19.4. The molecule has 0 atom stereocenters. The van der Waals surface area contributed by atoms with Crippen LogP contribution < -0.4 is 0 Å². The van der Waals surface area contributed by atoms with Crippen LogP contribution in [0.1, 0.15) is 5.69 Å². The van der Waals surface area contributed by atoms with Crippen LogP contribution >= 0.6 is 0 Å². The molecule has 0 spiro atoms. The highest BCUT2D eigenvalue weighted by Gasteiger charge is 2.36. The molecule has 0 radical (unpaired) electrons. The number of aromatic nitrogens is 3. The Morgan fingerprint density at radius 3 is 2.62 bits per heavy atom. The van der Waals surface area contributed by atoms with Crippen molar-refractivity contribution in [3.63, 3.8) is 0 Å². The van der Waals surface area contributed by atoms with Crippen molar-refractivity contribution in [3.8, 4) is 34.3 Å². The van der Waals surface area contributed by atoms with Crippen LogP contribution in [0, 0.1) is 10.1 Å². The molecule has 9 nitrogen and oxygen atoms in total. The lowest BCUT2D eigenvalue weighted by molar-refractivity contribution is -0.385. The van der Waals surface area contributed by atoms with E-state index in [0.717, 1.165) is 24.4 Å². The van der Waals surface area contributed by atoms with Crippen LogP contribution in [-0.2, 0) is 6.18 Å². The van der Waals surface area contributed by atoms with E-state index >= 15 is 0 Å². The minimum Gasteiger partial charge on any atom is -0.504 e. The molecular weight excluding hydrogens is 361 g/mol. The molecule has 0 aliphatic carbocycles. The van der Waals surface area contributed by atoms with Crippen LogP contribution in [0.15, 0.2) is 35.0 Å². The molecule has 0 saturated heterocycles. The monoisotopic (exact) mass is 368 g/mol. The number of phenols is 2. The topological polar surface area (TPSA) is 135 Å². The normalized spacial score (nSPS) is 11.5. The first-order chi connectivity index (χ1) is 12.2. The third kappa shape index (κ3) is 2.99. The van der Waals surface area contributed by atoms with Crippen LogP contribution in [0.3, 0.4) is 0 Å². The Labute approximate surface area is 141 Å². The van der Waals surface area contributed by atoms with Crippen molar-refractivity contribution >= 4 is 5.69 Å². The smallest absolute Gasteiger partial charge is 0.434 e. The maximum Gasteiger partial charge on any atom is 0.434 e. The first-order valence-corrected chi connectivity index (χ1v) is 6.75. The zero-order valence-corrected chi connectivity index (χ0v) is 12.4. The van der Waals surface area contributed by atoms with Gasteiger partial charge in [-0.1, -0.05) is 5.16 Å². The summed E-state index contributed by atoms with van der Waals surface area (Å²) in [6.07, 6.45) is -3.80. The molecule has 2 heterocycles. The SMILES string of the molecule is O=[N+]([O-])c1cc(-c2nc(-c3cccnc3C(F)(F)F)no2)cc(O)c1O. The summed E-state index contributed by atoms with van der Waals surface area (Å²) < 4.78 is 43.9. The van der Waals surface area contributed by atoms with Crippen LogP contribution in [0.4, 0.5) is 18.9 Å². The molecule has 3 aromatic rings. The first kappa shape index (κ1) is 17.1. The van der Waals surface area contributed by atoms with Gasteiger partial charge in [-0.15, -0.1) is 0 Å². The van der Waals surface area contributed by atoms with Crippen molar-refractivity contribution in [2.24, 2.45) is 0 Å². The molecule has 0 aliphatic heterocycles. The number of hydrogen-bond acceptors (Lipinski definition) is 8. The zero-order chi connectivity index (χ0) is 19.1. The molecule has 0 unspecified atom stereocenters. The highest BCUT2D eigenvalue weighted by Crippen LogP contribution is 2.40. The maximum atomic E-state index is 13.0. The van der Waals surface area contributed by atoms with Crippen molar-refractivity contribution in [3.05, 3.63) is 46.3 Å². The van der Waals surface area contributed by atoms with Crippen molar-refractivity contribution in [1.29, 1.82) is 0 Å². The molecule has 0 fully saturated rings. The molecule has 2 N–H and O–H groups in total. The van der Waals surface area contributed by atoms with Crippen molar-refractivity contribution < 1.29 is 32.8 Å². The van der Waals surface area contributed by atoms with E-state index in [1.54, 1.807) is 0 Å². The van der Waals surface area contributed by atoms with Gasteiger partial charge >= 0.3 is 11.9 Å². The van der Waals surface area contributed by atoms with Gasteiger partial charge < -0.3 is 14.7 Å². The van der Waals surface area contributed by atoms with E-state index < -0.39 is 51.3 Å². The Hall–Kier alpha value is -3.70. The third-order valence-corrected chi connectivity index (χ3v) is 3.26. The van der Waals surface area contributed by atoms with Gasteiger partial charge in [-0.3, -0.25) is 15.1 Å². The van der Waals surface area contributed by atoms with Gasteiger partial charge in [-0.05, 0) is 18.2 Å². The van der Waals surface area contributed by atoms with Gasteiger partial charge in [0.2, 0.25) is 11.6 Å². The lowest BCUT2D eigenvalue weighted by Gasteiger charge is -2.08. The van der Waals surface area contributed by atoms with E-state index in [4.69, 9.17) is 4.52 Å². The Kier molecular flexibility index (Phi) is 3.94. The van der Waals surface area contributed by atoms with Gasteiger partial charge in [0.1, 0.15) is 0 Å². The lowest BCUT2D eigenvalue weighted by atomic mass is 10.1. The van der Waals surface area contributed by atoms with Gasteiger partial charge in [-0.2, -0.15) is 18.2 Å². The van der Waals surface area contributed by atoms with Crippen LogP contribution in [0.2, 0.25) is 0 Å². The number of nitro benzene ring substituents is 1. The summed E-state index contributed by atoms with van der Waals surface area (Å²) >= 11 is 0. The molecule has 134 valence electrons. The quantitative estimate of drug-likeness (QED) is 0.409. The number of nitro groups is 1. The fourth-order valence-electron chi connectivity index (χ4n) is 2.13. The number of nitrogens with zero attached hydrogens (tertiary/aromatic N) is 4. The second-order valence-corrected chi connectivity index (χ2v) is 4.94. The summed E-state index contributed by atoms with van der Waals surface area (Å²) in [7, 11) is 0. The lowest BCUT2D eigenvalue weighted by Crippen LogP contribution is -2.10. The molecular formula is C14H7F3N4O5. The van der Waals surface area contributed by atoms with Crippen molar-refractivity contribution in [2.45, 2.75) is 6.18 Å². The molecule has 0 bridgehead atoms. The van der Waals surface area contributed by atoms with E-state index in [0.29, 0.717) is 0 Å². The number of halogens is 3. The zero-order valence-electron chi connectivity index (χ0n) is 12.4. The van der Waals surface area contributed by atoms with Gasteiger partial charge in [0.25, 0.3) is 5.89 Å². The van der Waals surface area contributed by atoms with E-state index in [2.05, 4.69) is 15.1 Å². The minimum absolute atomic E-state index is 0.164. The van der Waals surface area contributed by atoms with E-state index in [1.165, 1.54) is 6.07 Å². The van der Waals surface area contributed by atoms with E-state index in [-0.39, 0.29) is 5.56 Å². The van der Waals surface area contributed by atoms with Gasteiger partial charge in [-0.25, -0.2) is 0 Å². The van der Waals surface area contributed by atoms with Crippen molar-refractivity contribution in [1.82, 2.24) is 15.1 Å². The molecule has 3 rings (SSSR count). The summed E-state index contributed by atoms with van der Waals surface area (Å²) in [4.78, 5) is 16.9. The summed E-state index contributed by atoms with van der Waals surface area (Å²) in [5.74, 6) is -2.64. The number of alkyl halides is 3. The number of rotatable bonds is 3. The predicted molar refractivity (Wildman–Crippen MR) is 78.0 cm³/mol. The fourth-order valence-corrected chi connectivity index (χ4v) is 2.13. The van der Waals surface area contributed by atoms with Gasteiger partial charge in [0, 0.05) is 12.3 Å². The number of pyridine rings is 1. The Balaban J connectivity index is 2.09. The largest absolute Gasteiger partial charge is 0.504 e. The fraction of sp³-hybridized carbons (Fsp3) is 0.0714. The summed E-state index contributed by atoms with van der Waals surface area (Å²) in [6.45, 7) is 0. The average Bonchev–Trinajstić information content (AvgIpc) is 3.06. The second kappa shape index (κ2) is 5.98.